The Bertz CT molecular complexity index is 1550. The molecule has 5 atom stereocenters. The lowest BCUT2D eigenvalue weighted by atomic mass is 9.97. The Kier molecular flexibility index (Phi) is 15.5. The fourth-order valence-corrected chi connectivity index (χ4v) is 5.86. The highest BCUT2D eigenvalue weighted by Gasteiger charge is 2.49. The summed E-state index contributed by atoms with van der Waals surface area (Å²) in [5, 5.41) is 0. The number of allylic oxidation sites excluding steroid dienone is 3. The zero-order valence-corrected chi connectivity index (χ0v) is 29.7. The normalized spacial score (nSPS) is 20.8. The summed E-state index contributed by atoms with van der Waals surface area (Å²) in [6.45, 7) is 8.68. The van der Waals surface area contributed by atoms with Gasteiger partial charge in [0.1, 0.15) is 24.4 Å². The van der Waals surface area contributed by atoms with E-state index in [1.165, 1.54) is 11.1 Å². The average molecular weight is 677 g/mol. The second-order valence-corrected chi connectivity index (χ2v) is 13.0. The Morgan fingerprint density at radius 1 is 0.540 bits per heavy atom. The van der Waals surface area contributed by atoms with Gasteiger partial charge in [0.2, 0.25) is 0 Å². The Labute approximate surface area is 298 Å². The zero-order valence-electron chi connectivity index (χ0n) is 29.7. The van der Waals surface area contributed by atoms with Crippen molar-refractivity contribution in [3.05, 3.63) is 167 Å². The standard InChI is InChI=1S/C44H52O6/c1-34(2)17-16-18-35(3)27-28-46-44-43(49-32-39-25-14-7-15-26-39)42(48-31-38-23-12-6-13-24-38)41(47-30-37-21-10-5-11-22-37)40(50-44)33-45-29-36-19-8-4-9-20-36/h4-15,17,19-27,40-44H,16,18,28-33H2,1-3H3/b35-27+/t40-,41-,42+,43-,44+/m1/s1. The molecule has 1 fully saturated rings. The van der Waals surface area contributed by atoms with Crippen molar-refractivity contribution >= 4 is 0 Å². The molecule has 1 saturated heterocycles. The molecule has 1 aliphatic rings. The van der Waals surface area contributed by atoms with Crippen molar-refractivity contribution in [2.75, 3.05) is 13.2 Å². The topological polar surface area (TPSA) is 55.4 Å². The van der Waals surface area contributed by atoms with Gasteiger partial charge in [-0.15, -0.1) is 0 Å². The molecule has 5 rings (SSSR count). The highest BCUT2D eigenvalue weighted by molar-refractivity contribution is 5.16. The molecule has 264 valence electrons. The summed E-state index contributed by atoms with van der Waals surface area (Å²) in [5.41, 5.74) is 6.86. The second kappa shape index (κ2) is 20.7. The first kappa shape index (κ1) is 37.4. The van der Waals surface area contributed by atoms with Crippen LogP contribution in [0, 0.1) is 0 Å². The minimum atomic E-state index is -0.719. The predicted molar refractivity (Wildman–Crippen MR) is 198 cm³/mol. The first-order chi connectivity index (χ1) is 24.5. The fraction of sp³-hybridized carbons (Fsp3) is 0.364. The van der Waals surface area contributed by atoms with Gasteiger partial charge in [-0.3, -0.25) is 0 Å². The minimum Gasteiger partial charge on any atom is -0.374 e. The molecule has 0 unspecified atom stereocenters. The summed E-state index contributed by atoms with van der Waals surface area (Å²) in [4.78, 5) is 0. The summed E-state index contributed by atoms with van der Waals surface area (Å²) in [6.07, 6.45) is 3.58. The molecule has 4 aromatic carbocycles. The average Bonchev–Trinajstić information content (AvgIpc) is 3.14. The summed E-state index contributed by atoms with van der Waals surface area (Å²) in [5.74, 6) is 0. The Morgan fingerprint density at radius 2 is 1.00 bits per heavy atom. The lowest BCUT2D eigenvalue weighted by Crippen LogP contribution is -2.61. The van der Waals surface area contributed by atoms with Crippen LogP contribution in [0.2, 0.25) is 0 Å². The Morgan fingerprint density at radius 3 is 1.50 bits per heavy atom. The van der Waals surface area contributed by atoms with E-state index < -0.39 is 30.7 Å². The van der Waals surface area contributed by atoms with E-state index in [2.05, 4.69) is 81.5 Å². The third-order valence-electron chi connectivity index (χ3n) is 8.62. The number of hydrogen-bond acceptors (Lipinski definition) is 6. The van der Waals surface area contributed by atoms with Gasteiger partial charge in [-0.05, 0) is 55.9 Å². The van der Waals surface area contributed by atoms with Gasteiger partial charge in [-0.2, -0.15) is 0 Å². The highest BCUT2D eigenvalue weighted by Crippen LogP contribution is 2.32. The van der Waals surface area contributed by atoms with Gasteiger partial charge in [0.15, 0.2) is 6.29 Å². The van der Waals surface area contributed by atoms with Crippen LogP contribution in [0.3, 0.4) is 0 Å². The minimum absolute atomic E-state index is 0.294. The molecule has 0 aliphatic carbocycles. The zero-order chi connectivity index (χ0) is 34.8. The molecule has 50 heavy (non-hydrogen) atoms. The monoisotopic (exact) mass is 676 g/mol. The molecule has 0 amide bonds. The SMILES string of the molecule is CC(C)=CCC/C(C)=C/CO[C@H]1O[C@H](COCc2ccccc2)[C@@H](OCc2ccccc2)[C@H](OCc2ccccc2)[C@H]1OCc1ccccc1. The van der Waals surface area contributed by atoms with Crippen LogP contribution in [0.4, 0.5) is 0 Å². The van der Waals surface area contributed by atoms with E-state index in [-0.39, 0.29) is 0 Å². The quantitative estimate of drug-likeness (QED) is 0.0923. The van der Waals surface area contributed by atoms with Gasteiger partial charge in [0.05, 0.1) is 39.6 Å². The van der Waals surface area contributed by atoms with E-state index >= 15 is 0 Å². The molecule has 0 saturated carbocycles. The number of rotatable bonds is 19. The van der Waals surface area contributed by atoms with Crippen molar-refractivity contribution in [2.24, 2.45) is 0 Å². The molecule has 0 spiro atoms. The molecule has 0 radical (unpaired) electrons. The molecule has 0 bridgehead atoms. The Hall–Kier alpha value is -3.88. The van der Waals surface area contributed by atoms with Crippen molar-refractivity contribution in [3.8, 4) is 0 Å². The van der Waals surface area contributed by atoms with Crippen LogP contribution >= 0.6 is 0 Å². The lowest BCUT2D eigenvalue weighted by Gasteiger charge is -2.45. The maximum atomic E-state index is 6.81. The summed E-state index contributed by atoms with van der Waals surface area (Å²) < 4.78 is 39.9. The maximum absolute atomic E-state index is 6.81. The highest BCUT2D eigenvalue weighted by atomic mass is 16.7. The molecular weight excluding hydrogens is 624 g/mol. The lowest BCUT2D eigenvalue weighted by molar-refractivity contribution is -0.326. The number of benzene rings is 4. The largest absolute Gasteiger partial charge is 0.374 e. The van der Waals surface area contributed by atoms with Gasteiger partial charge in [0.25, 0.3) is 0 Å². The smallest absolute Gasteiger partial charge is 0.187 e. The second-order valence-electron chi connectivity index (χ2n) is 13.0. The van der Waals surface area contributed by atoms with Crippen LogP contribution in [0.15, 0.2) is 145 Å². The van der Waals surface area contributed by atoms with E-state index in [1.54, 1.807) is 0 Å². The van der Waals surface area contributed by atoms with Crippen LogP contribution in [0.5, 0.6) is 0 Å². The first-order valence-electron chi connectivity index (χ1n) is 17.7. The van der Waals surface area contributed by atoms with E-state index in [0.29, 0.717) is 39.6 Å². The van der Waals surface area contributed by atoms with Crippen LogP contribution < -0.4 is 0 Å². The molecular formula is C44H52O6. The number of hydrogen-bond donors (Lipinski definition) is 0. The van der Waals surface area contributed by atoms with Crippen molar-refractivity contribution in [1.29, 1.82) is 0 Å². The van der Waals surface area contributed by atoms with Crippen molar-refractivity contribution in [1.82, 2.24) is 0 Å². The molecule has 6 nitrogen and oxygen atoms in total. The molecule has 4 aromatic rings. The van der Waals surface area contributed by atoms with Crippen LogP contribution in [0.1, 0.15) is 55.9 Å². The van der Waals surface area contributed by atoms with Crippen molar-refractivity contribution in [2.45, 2.75) is 90.7 Å². The van der Waals surface area contributed by atoms with Crippen LogP contribution in [-0.2, 0) is 54.8 Å². The first-order valence-corrected chi connectivity index (χ1v) is 17.7. The van der Waals surface area contributed by atoms with Gasteiger partial charge in [0, 0.05) is 0 Å². The predicted octanol–water partition coefficient (Wildman–Crippen LogP) is 9.39. The molecule has 1 aliphatic heterocycles. The van der Waals surface area contributed by atoms with Crippen molar-refractivity contribution < 1.29 is 28.4 Å². The number of ether oxygens (including phenoxy) is 6. The van der Waals surface area contributed by atoms with Gasteiger partial charge in [-0.25, -0.2) is 0 Å². The van der Waals surface area contributed by atoms with Crippen molar-refractivity contribution in [3.63, 3.8) is 0 Å². The van der Waals surface area contributed by atoms with E-state index in [9.17, 15) is 0 Å². The fourth-order valence-electron chi connectivity index (χ4n) is 5.86. The van der Waals surface area contributed by atoms with E-state index in [4.69, 9.17) is 28.4 Å². The summed E-state index contributed by atoms with van der Waals surface area (Å²) in [7, 11) is 0. The molecule has 1 heterocycles. The van der Waals surface area contributed by atoms with Gasteiger partial charge < -0.3 is 28.4 Å². The molecule has 0 N–H and O–H groups in total. The molecule has 0 aromatic heterocycles. The van der Waals surface area contributed by atoms with Crippen LogP contribution in [0.25, 0.3) is 0 Å². The Balaban J connectivity index is 1.42. The van der Waals surface area contributed by atoms with Crippen LogP contribution in [-0.4, -0.2) is 43.9 Å². The summed E-state index contributed by atoms with van der Waals surface area (Å²) >= 11 is 0. The van der Waals surface area contributed by atoms with E-state index in [0.717, 1.165) is 35.1 Å². The maximum Gasteiger partial charge on any atom is 0.187 e. The van der Waals surface area contributed by atoms with E-state index in [1.807, 2.05) is 72.8 Å². The third kappa shape index (κ3) is 12.5. The van der Waals surface area contributed by atoms with Gasteiger partial charge >= 0.3 is 0 Å². The third-order valence-corrected chi connectivity index (χ3v) is 8.62. The summed E-state index contributed by atoms with van der Waals surface area (Å²) in [6, 6.07) is 40.7. The van der Waals surface area contributed by atoms with Gasteiger partial charge in [-0.1, -0.05) is 145 Å². The molecule has 6 heteroatoms.